The van der Waals surface area contributed by atoms with Crippen LogP contribution in [0.2, 0.25) is 5.02 Å². The number of anilines is 2. The van der Waals surface area contributed by atoms with Crippen molar-refractivity contribution in [3.63, 3.8) is 0 Å². The Balaban J connectivity index is 1.98. The maximum atomic E-state index is 12.6. The number of rotatable bonds is 4. The van der Waals surface area contributed by atoms with Crippen LogP contribution in [-0.4, -0.2) is 23.9 Å². The highest BCUT2D eigenvalue weighted by Gasteiger charge is 2.49. The molecule has 0 amide bonds. The van der Waals surface area contributed by atoms with Crippen LogP contribution in [0.3, 0.4) is 0 Å². The molecule has 0 saturated carbocycles. The highest BCUT2D eigenvalue weighted by Crippen LogP contribution is 2.36. The van der Waals surface area contributed by atoms with Gasteiger partial charge in [0.05, 0.1) is 28.8 Å². The molecule has 0 bridgehead atoms. The number of nitrogens with one attached hydrogen (secondary N) is 1. The molecule has 2 aromatic heterocycles. The predicted octanol–water partition coefficient (Wildman–Crippen LogP) is 3.98. The lowest BCUT2D eigenvalue weighted by Crippen LogP contribution is -2.29. The van der Waals surface area contributed by atoms with Gasteiger partial charge in [-0.1, -0.05) is 11.6 Å². The molecule has 26 heavy (non-hydrogen) atoms. The van der Waals surface area contributed by atoms with Crippen molar-refractivity contribution < 1.29 is 25.8 Å². The minimum absolute atomic E-state index is 0.351. The van der Waals surface area contributed by atoms with Gasteiger partial charge in [0, 0.05) is 11.8 Å². The molecule has 0 saturated heterocycles. The first kappa shape index (κ1) is 18.7. The van der Waals surface area contributed by atoms with Crippen LogP contribution in [0.5, 0.6) is 5.88 Å². The normalized spacial score (nSPS) is 14.6. The summed E-state index contributed by atoms with van der Waals surface area (Å²) in [5, 5.41) is 3.47. The fourth-order valence-corrected chi connectivity index (χ4v) is 3.30. The summed E-state index contributed by atoms with van der Waals surface area (Å²) in [4.78, 5) is 7.73. The van der Waals surface area contributed by atoms with Gasteiger partial charge in [-0.05, 0) is 37.3 Å². The molecule has 140 valence electrons. The first-order chi connectivity index (χ1) is 12.2. The van der Waals surface area contributed by atoms with Crippen LogP contribution in [0, 0.1) is 0 Å². The van der Waals surface area contributed by atoms with Crippen molar-refractivity contribution in [2.24, 2.45) is 0 Å². The molecule has 0 aromatic carbocycles. The first-order valence-corrected chi connectivity index (χ1v) is 9.35. The quantitative estimate of drug-likeness (QED) is 0.610. The molecule has 1 aliphatic rings. The Bertz CT molecular complexity index is 935. The Labute approximate surface area is 152 Å². The van der Waals surface area contributed by atoms with Gasteiger partial charge in [-0.3, -0.25) is 4.98 Å². The fraction of sp³-hybridized carbons (Fsp3) is 0.333. The predicted molar refractivity (Wildman–Crippen MR) is 89.0 cm³/mol. The second kappa shape index (κ2) is 6.92. The zero-order chi connectivity index (χ0) is 18.9. The monoisotopic (exact) mass is 407 g/mol. The third-order valence-corrected chi connectivity index (χ3v) is 4.97. The topological polar surface area (TPSA) is 81.2 Å². The van der Waals surface area contributed by atoms with E-state index in [-0.39, 0.29) is 0 Å². The Morgan fingerprint density at radius 3 is 2.46 bits per heavy atom. The minimum Gasteiger partial charge on any atom is -0.355 e. The second-order valence-electron chi connectivity index (χ2n) is 5.64. The van der Waals surface area contributed by atoms with Crippen LogP contribution in [0.4, 0.5) is 24.5 Å². The van der Waals surface area contributed by atoms with E-state index < -0.39 is 21.5 Å². The average Bonchev–Trinajstić information content (AvgIpc) is 2.56. The molecule has 6 nitrogen and oxygen atoms in total. The van der Waals surface area contributed by atoms with Crippen LogP contribution < -0.4 is 9.50 Å². The summed E-state index contributed by atoms with van der Waals surface area (Å²) in [6.45, 7) is 0. The number of hydrogen-bond acceptors (Lipinski definition) is 6. The molecule has 0 fully saturated rings. The molecule has 0 atom stereocenters. The largest absolute Gasteiger partial charge is 0.534 e. The third-order valence-electron chi connectivity index (χ3n) is 3.82. The molecule has 1 aliphatic carbocycles. The number of hydrogen-bond donors (Lipinski definition) is 1. The van der Waals surface area contributed by atoms with Crippen LogP contribution >= 0.6 is 11.6 Å². The van der Waals surface area contributed by atoms with E-state index in [9.17, 15) is 21.6 Å². The van der Waals surface area contributed by atoms with Crippen molar-refractivity contribution in [1.82, 2.24) is 9.97 Å². The number of aromatic nitrogens is 2. The number of pyridine rings is 2. The fourth-order valence-electron chi connectivity index (χ4n) is 2.68. The Kier molecular flexibility index (Phi) is 4.98. The van der Waals surface area contributed by atoms with Crippen molar-refractivity contribution in [3.05, 3.63) is 40.8 Å². The maximum absolute atomic E-state index is 12.6. The van der Waals surface area contributed by atoms with Crippen molar-refractivity contribution in [2.75, 3.05) is 5.32 Å². The van der Waals surface area contributed by atoms with Gasteiger partial charge in [0.15, 0.2) is 0 Å². The molecule has 1 N–H and O–H groups in total. The van der Waals surface area contributed by atoms with Crippen molar-refractivity contribution in [3.8, 4) is 5.88 Å². The van der Waals surface area contributed by atoms with Gasteiger partial charge in [-0.25, -0.2) is 4.98 Å². The summed E-state index contributed by atoms with van der Waals surface area (Å²) in [7, 11) is -5.77. The average molecular weight is 408 g/mol. The summed E-state index contributed by atoms with van der Waals surface area (Å²) in [5.74, 6) is -0.535. The molecule has 0 spiro atoms. The van der Waals surface area contributed by atoms with E-state index in [1.165, 1.54) is 18.6 Å². The van der Waals surface area contributed by atoms with E-state index in [4.69, 9.17) is 11.6 Å². The molecular formula is C15H13ClF3N3O3S. The molecular weight excluding hydrogens is 395 g/mol. The summed E-state index contributed by atoms with van der Waals surface area (Å²) in [6.07, 6.45) is 6.65. The van der Waals surface area contributed by atoms with E-state index in [2.05, 4.69) is 19.5 Å². The van der Waals surface area contributed by atoms with Gasteiger partial charge < -0.3 is 9.50 Å². The highest BCUT2D eigenvalue weighted by atomic mass is 35.5. The zero-order valence-corrected chi connectivity index (χ0v) is 14.7. The number of halogens is 4. The maximum Gasteiger partial charge on any atom is 0.534 e. The van der Waals surface area contributed by atoms with Crippen LogP contribution in [0.1, 0.15) is 24.0 Å². The Morgan fingerprint density at radius 1 is 1.12 bits per heavy atom. The van der Waals surface area contributed by atoms with E-state index in [0.717, 1.165) is 6.42 Å². The van der Waals surface area contributed by atoms with Crippen molar-refractivity contribution in [2.45, 2.75) is 31.2 Å². The van der Waals surface area contributed by atoms with Crippen LogP contribution in [0.15, 0.2) is 24.7 Å². The molecule has 3 rings (SSSR count). The van der Waals surface area contributed by atoms with Gasteiger partial charge in [0.25, 0.3) is 0 Å². The van der Waals surface area contributed by atoms with Gasteiger partial charge >= 0.3 is 15.6 Å². The van der Waals surface area contributed by atoms with E-state index in [1.54, 1.807) is 6.07 Å². The lowest BCUT2D eigenvalue weighted by atomic mass is 9.91. The lowest BCUT2D eigenvalue weighted by molar-refractivity contribution is -0.0501. The van der Waals surface area contributed by atoms with Gasteiger partial charge in [0.2, 0.25) is 5.88 Å². The van der Waals surface area contributed by atoms with Crippen molar-refractivity contribution in [1.29, 1.82) is 0 Å². The van der Waals surface area contributed by atoms with Crippen molar-refractivity contribution >= 4 is 33.1 Å². The molecule has 0 aliphatic heterocycles. The van der Waals surface area contributed by atoms with E-state index in [0.29, 0.717) is 46.8 Å². The highest BCUT2D eigenvalue weighted by molar-refractivity contribution is 7.87. The summed E-state index contributed by atoms with van der Waals surface area (Å²) < 4.78 is 64.6. The van der Waals surface area contributed by atoms with E-state index >= 15 is 0 Å². The molecule has 2 heterocycles. The molecule has 0 unspecified atom stereocenters. The standard InChI is InChI=1S/C15H13ClF3N3O3S/c16-9-5-10(7-20-6-9)22-13-8-21-14(12-4-2-1-3-11(12)13)25-26(23,24)15(17,18)19/h5-8,22H,1-4H2. The smallest absolute Gasteiger partial charge is 0.355 e. The van der Waals surface area contributed by atoms with Gasteiger partial charge in [-0.2, -0.15) is 21.6 Å². The number of alkyl halides is 3. The minimum atomic E-state index is -5.77. The number of nitrogens with zero attached hydrogens (tertiary/aromatic N) is 2. The SMILES string of the molecule is O=S(=O)(Oc1ncc(Nc2cncc(Cl)c2)c2c1CCCC2)C(F)(F)F. The zero-order valence-electron chi connectivity index (χ0n) is 13.2. The Hall–Kier alpha value is -2.07. The molecule has 2 aromatic rings. The molecule has 0 radical (unpaired) electrons. The van der Waals surface area contributed by atoms with Crippen LogP contribution in [-0.2, 0) is 23.0 Å². The molecule has 11 heteroatoms. The lowest BCUT2D eigenvalue weighted by Gasteiger charge is -2.22. The second-order valence-corrected chi connectivity index (χ2v) is 7.62. The van der Waals surface area contributed by atoms with Crippen LogP contribution in [0.25, 0.3) is 0 Å². The van der Waals surface area contributed by atoms with Gasteiger partial charge in [0.1, 0.15) is 0 Å². The Morgan fingerprint density at radius 2 is 1.81 bits per heavy atom. The third kappa shape index (κ3) is 3.85. The number of fused-ring (bicyclic) bond motifs is 1. The van der Waals surface area contributed by atoms with Gasteiger partial charge in [-0.15, -0.1) is 0 Å². The first-order valence-electron chi connectivity index (χ1n) is 7.56. The summed E-state index contributed by atoms with van der Waals surface area (Å²) in [6, 6.07) is 1.63. The summed E-state index contributed by atoms with van der Waals surface area (Å²) >= 11 is 5.88. The van der Waals surface area contributed by atoms with E-state index in [1.807, 2.05) is 0 Å². The summed E-state index contributed by atoms with van der Waals surface area (Å²) in [5.41, 5.74) is -3.38.